The number of hydrazine groups is 1. The van der Waals surface area contributed by atoms with Crippen molar-refractivity contribution in [2.75, 3.05) is 19.6 Å². The van der Waals surface area contributed by atoms with E-state index in [1.807, 2.05) is 30.3 Å². The fraction of sp³-hybridized carbons (Fsp3) is 0.154. The highest BCUT2D eigenvalue weighted by molar-refractivity contribution is 7.62. The van der Waals surface area contributed by atoms with Crippen molar-refractivity contribution < 1.29 is 18.0 Å². The maximum atomic E-state index is 12.3. The summed E-state index contributed by atoms with van der Waals surface area (Å²) >= 11 is 0. The first-order valence-corrected chi connectivity index (χ1v) is 7.60. The van der Waals surface area contributed by atoms with Crippen LogP contribution in [0.4, 0.5) is 5.88 Å². The molecule has 0 unspecified atom stereocenters. The van der Waals surface area contributed by atoms with Crippen molar-refractivity contribution in [2.45, 2.75) is 0 Å². The molecule has 0 fully saturated rings. The molecule has 0 aliphatic heterocycles. The number of rotatable bonds is 6. The summed E-state index contributed by atoms with van der Waals surface area (Å²) < 4.78 is 27.5. The van der Waals surface area contributed by atoms with Crippen LogP contribution in [0.15, 0.2) is 34.7 Å². The second-order valence-corrected chi connectivity index (χ2v) is 6.10. The topological polar surface area (TPSA) is 99.6 Å². The summed E-state index contributed by atoms with van der Waals surface area (Å²) in [6.07, 6.45) is 3.44. The van der Waals surface area contributed by atoms with Gasteiger partial charge in [-0.3, -0.25) is 9.99 Å². The summed E-state index contributed by atoms with van der Waals surface area (Å²) in [6, 6.07) is 9.61. The van der Waals surface area contributed by atoms with Gasteiger partial charge in [-0.1, -0.05) is 30.3 Å². The Bertz CT molecular complexity index is 661. The third-order valence-electron chi connectivity index (χ3n) is 2.71. The molecule has 1 aromatic heterocycles. The molecule has 1 aromatic carbocycles. The van der Waals surface area contributed by atoms with Crippen molar-refractivity contribution in [3.8, 4) is 0 Å². The molecule has 0 aliphatic rings. The zero-order chi connectivity index (χ0) is 15.3. The third kappa shape index (κ3) is 3.40. The molecule has 8 heteroatoms. The Morgan fingerprint density at radius 3 is 2.48 bits per heavy atom. The number of nitrogen functional groups attached to an aromatic ring is 1. The van der Waals surface area contributed by atoms with Gasteiger partial charge in [0.15, 0.2) is 0 Å². The Labute approximate surface area is 122 Å². The van der Waals surface area contributed by atoms with Gasteiger partial charge < -0.3 is 13.5 Å². The van der Waals surface area contributed by atoms with Crippen LogP contribution in [0.25, 0.3) is 12.2 Å². The Morgan fingerprint density at radius 2 is 1.90 bits per heavy atom. The SMILES string of the molecule is COP(=O)(OC)c1nc(/C=C/c2ccccc2)oc1NN. The minimum Gasteiger partial charge on any atom is -0.419 e. The summed E-state index contributed by atoms with van der Waals surface area (Å²) in [4.78, 5) is 4.10. The average Bonchev–Trinajstić information content (AvgIpc) is 2.97. The van der Waals surface area contributed by atoms with Gasteiger partial charge in [-0.05, 0) is 11.6 Å². The predicted molar refractivity (Wildman–Crippen MR) is 80.9 cm³/mol. The molecule has 0 radical (unpaired) electrons. The van der Waals surface area contributed by atoms with Crippen LogP contribution in [-0.2, 0) is 13.6 Å². The first-order valence-electron chi connectivity index (χ1n) is 6.05. The van der Waals surface area contributed by atoms with E-state index < -0.39 is 7.60 Å². The second kappa shape index (κ2) is 6.69. The molecule has 1 heterocycles. The summed E-state index contributed by atoms with van der Waals surface area (Å²) in [5.41, 5.74) is 3.27. The number of aromatic nitrogens is 1. The first-order chi connectivity index (χ1) is 10.1. The van der Waals surface area contributed by atoms with Crippen LogP contribution in [0.2, 0.25) is 0 Å². The molecular weight excluding hydrogens is 293 g/mol. The van der Waals surface area contributed by atoms with Crippen molar-refractivity contribution in [2.24, 2.45) is 5.84 Å². The van der Waals surface area contributed by atoms with Gasteiger partial charge in [0.2, 0.25) is 17.2 Å². The Kier molecular flexibility index (Phi) is 4.93. The number of nitrogens with zero attached hydrogens (tertiary/aromatic N) is 1. The molecule has 7 nitrogen and oxygen atoms in total. The third-order valence-corrected chi connectivity index (χ3v) is 4.50. The summed E-state index contributed by atoms with van der Waals surface area (Å²) in [5.74, 6) is 5.61. The Morgan fingerprint density at radius 1 is 1.24 bits per heavy atom. The summed E-state index contributed by atoms with van der Waals surface area (Å²) in [5, 5.41) is 0. The van der Waals surface area contributed by atoms with Crippen LogP contribution in [0.1, 0.15) is 11.5 Å². The van der Waals surface area contributed by atoms with Gasteiger partial charge >= 0.3 is 7.60 Å². The number of hydrogen-bond donors (Lipinski definition) is 2. The largest absolute Gasteiger partial charge is 0.419 e. The lowest BCUT2D eigenvalue weighted by Gasteiger charge is -2.10. The number of benzene rings is 1. The summed E-state index contributed by atoms with van der Waals surface area (Å²) in [6.45, 7) is 0. The molecule has 0 bridgehead atoms. The molecular formula is C13H16N3O4P. The zero-order valence-corrected chi connectivity index (χ0v) is 12.5. The maximum absolute atomic E-state index is 12.3. The number of nitrogens with two attached hydrogens (primary N) is 1. The van der Waals surface area contributed by atoms with Crippen LogP contribution in [-0.4, -0.2) is 19.2 Å². The van der Waals surface area contributed by atoms with Crippen LogP contribution >= 0.6 is 7.60 Å². The number of oxazole rings is 1. The molecule has 112 valence electrons. The highest BCUT2D eigenvalue weighted by Gasteiger charge is 2.33. The second-order valence-electron chi connectivity index (χ2n) is 3.96. The summed E-state index contributed by atoms with van der Waals surface area (Å²) in [7, 11) is -1.02. The van der Waals surface area contributed by atoms with E-state index in [0.29, 0.717) is 0 Å². The van der Waals surface area contributed by atoms with Crippen LogP contribution in [0.3, 0.4) is 0 Å². The van der Waals surface area contributed by atoms with Crippen molar-refractivity contribution in [3.63, 3.8) is 0 Å². The lowest BCUT2D eigenvalue weighted by molar-refractivity contribution is 0.286. The minimum atomic E-state index is -3.54. The zero-order valence-electron chi connectivity index (χ0n) is 11.6. The smallest absolute Gasteiger partial charge is 0.384 e. The number of hydrogen-bond acceptors (Lipinski definition) is 7. The van der Waals surface area contributed by atoms with Gasteiger partial charge in [-0.15, -0.1) is 0 Å². The predicted octanol–water partition coefficient (Wildman–Crippen LogP) is 2.24. The van der Waals surface area contributed by atoms with Crippen LogP contribution < -0.4 is 16.7 Å². The van der Waals surface area contributed by atoms with Gasteiger partial charge in [0.25, 0.3) is 0 Å². The van der Waals surface area contributed by atoms with Crippen LogP contribution in [0, 0.1) is 0 Å². The van der Waals surface area contributed by atoms with E-state index in [0.717, 1.165) is 5.56 Å². The molecule has 21 heavy (non-hydrogen) atoms. The monoisotopic (exact) mass is 309 g/mol. The maximum Gasteiger partial charge on any atom is 0.384 e. The van der Waals surface area contributed by atoms with Crippen LogP contribution in [0.5, 0.6) is 0 Å². The van der Waals surface area contributed by atoms with Crippen molar-refractivity contribution >= 4 is 31.1 Å². The molecule has 0 spiro atoms. The van der Waals surface area contributed by atoms with Crippen molar-refractivity contribution in [1.82, 2.24) is 4.98 Å². The fourth-order valence-corrected chi connectivity index (χ4v) is 2.73. The highest BCUT2D eigenvalue weighted by atomic mass is 31.2. The van der Waals surface area contributed by atoms with E-state index in [4.69, 9.17) is 19.3 Å². The standard InChI is InChI=1S/C13H16N3O4P/c1-18-21(17,19-2)13-12(16-14)20-11(15-13)9-8-10-6-4-3-5-7-10/h3-9,16H,14H2,1-2H3/b9-8+. The van der Waals surface area contributed by atoms with Gasteiger partial charge in [0.05, 0.1) is 0 Å². The number of anilines is 1. The molecule has 2 aromatic rings. The highest BCUT2D eigenvalue weighted by Crippen LogP contribution is 2.46. The first kappa shape index (κ1) is 15.5. The van der Waals surface area contributed by atoms with Gasteiger partial charge in [-0.2, -0.15) is 4.98 Å². The van der Waals surface area contributed by atoms with E-state index in [2.05, 4.69) is 10.4 Å². The lowest BCUT2D eigenvalue weighted by Crippen LogP contribution is -2.18. The molecule has 2 rings (SSSR count). The number of nitrogens with one attached hydrogen (secondary N) is 1. The van der Waals surface area contributed by atoms with Gasteiger partial charge in [0, 0.05) is 20.3 Å². The van der Waals surface area contributed by atoms with Crippen molar-refractivity contribution in [1.29, 1.82) is 0 Å². The lowest BCUT2D eigenvalue weighted by atomic mass is 10.2. The molecule has 3 N–H and O–H groups in total. The molecule has 0 amide bonds. The molecule has 0 saturated heterocycles. The normalized spacial score (nSPS) is 12.0. The van der Waals surface area contributed by atoms with E-state index in [-0.39, 0.29) is 17.2 Å². The molecule has 0 aliphatic carbocycles. The fourth-order valence-electron chi connectivity index (χ4n) is 1.66. The molecule has 0 saturated carbocycles. The minimum absolute atomic E-state index is 0.00251. The average molecular weight is 309 g/mol. The Balaban J connectivity index is 2.33. The van der Waals surface area contributed by atoms with Gasteiger partial charge in [0.1, 0.15) is 0 Å². The van der Waals surface area contributed by atoms with E-state index >= 15 is 0 Å². The van der Waals surface area contributed by atoms with Gasteiger partial charge in [-0.25, -0.2) is 5.84 Å². The quantitative estimate of drug-likeness (QED) is 0.479. The van der Waals surface area contributed by atoms with E-state index in [1.165, 1.54) is 14.2 Å². The van der Waals surface area contributed by atoms with E-state index in [1.54, 1.807) is 12.2 Å². The molecule has 0 atom stereocenters. The Hall–Kier alpha value is -1.92. The van der Waals surface area contributed by atoms with E-state index in [9.17, 15) is 4.57 Å². The van der Waals surface area contributed by atoms with Crippen molar-refractivity contribution in [3.05, 3.63) is 41.8 Å².